The summed E-state index contributed by atoms with van der Waals surface area (Å²) in [6.45, 7) is 0. The van der Waals surface area contributed by atoms with Crippen molar-refractivity contribution in [3.8, 4) is 0 Å². The van der Waals surface area contributed by atoms with Gasteiger partial charge in [-0.25, -0.2) is 0 Å². The second kappa shape index (κ2) is 2.82. The minimum Gasteiger partial charge on any atom is -0.396 e. The predicted octanol–water partition coefficient (Wildman–Crippen LogP) is 0.232. The van der Waals surface area contributed by atoms with Crippen molar-refractivity contribution in [3.63, 3.8) is 0 Å². The van der Waals surface area contributed by atoms with Crippen LogP contribution in [0.25, 0.3) is 0 Å². The third kappa shape index (κ3) is 1.22. The summed E-state index contributed by atoms with van der Waals surface area (Å²) in [5.74, 6) is 0. The van der Waals surface area contributed by atoms with Gasteiger partial charge in [-0.15, -0.1) is 0 Å². The molecule has 10 heavy (non-hydrogen) atoms. The number of anilines is 2. The molecule has 3 N–H and O–H groups in total. The van der Waals surface area contributed by atoms with Crippen LogP contribution in [0.3, 0.4) is 0 Å². The lowest BCUT2D eigenvalue weighted by Gasteiger charge is -1.99. The van der Waals surface area contributed by atoms with Crippen LogP contribution in [-0.4, -0.2) is 11.4 Å². The van der Waals surface area contributed by atoms with Gasteiger partial charge in [-0.05, 0) is 6.07 Å². The van der Waals surface area contributed by atoms with Crippen LogP contribution in [0, 0.1) is 0 Å². The van der Waals surface area contributed by atoms with Crippen molar-refractivity contribution in [3.05, 3.63) is 18.5 Å². The predicted molar refractivity (Wildman–Crippen MR) is 38.3 cm³/mol. The molecule has 0 aromatic carbocycles. The van der Waals surface area contributed by atoms with E-state index in [2.05, 4.69) is 10.3 Å². The Bertz CT molecular complexity index is 236. The number of amides is 1. The van der Waals surface area contributed by atoms with E-state index in [4.69, 9.17) is 5.73 Å². The molecule has 1 aromatic rings. The standard InChI is InChI=1S/C6H7N3O/c7-5-3-8-2-1-6(5)9-4-10/h1-4H,7H2,(H,8,9,10). The lowest BCUT2D eigenvalue weighted by molar-refractivity contribution is -0.105. The Hall–Kier alpha value is -1.58. The number of hydrogen-bond donors (Lipinski definition) is 2. The molecule has 4 heteroatoms. The van der Waals surface area contributed by atoms with Crippen molar-refractivity contribution < 1.29 is 4.79 Å². The zero-order chi connectivity index (χ0) is 7.40. The summed E-state index contributed by atoms with van der Waals surface area (Å²) in [6, 6.07) is 1.63. The number of aromatic nitrogens is 1. The first-order chi connectivity index (χ1) is 4.84. The Morgan fingerprint density at radius 2 is 2.50 bits per heavy atom. The normalized spacial score (nSPS) is 8.80. The highest BCUT2D eigenvalue weighted by atomic mass is 16.1. The average Bonchev–Trinajstić information content (AvgIpc) is 1.94. The zero-order valence-corrected chi connectivity index (χ0v) is 5.24. The number of rotatable bonds is 2. The summed E-state index contributed by atoms with van der Waals surface area (Å²) in [4.78, 5) is 13.7. The highest BCUT2D eigenvalue weighted by Crippen LogP contribution is 2.13. The maximum Gasteiger partial charge on any atom is 0.211 e. The van der Waals surface area contributed by atoms with Crippen LogP contribution < -0.4 is 11.1 Å². The Labute approximate surface area is 58.1 Å². The summed E-state index contributed by atoms with van der Waals surface area (Å²) in [5, 5.41) is 2.43. The average molecular weight is 137 g/mol. The molecule has 0 atom stereocenters. The Kier molecular flexibility index (Phi) is 1.84. The van der Waals surface area contributed by atoms with Crippen LogP contribution in [-0.2, 0) is 4.79 Å². The number of carbonyl (C=O) groups is 1. The monoisotopic (exact) mass is 137 g/mol. The second-order valence-electron chi connectivity index (χ2n) is 1.73. The number of nitrogens with zero attached hydrogens (tertiary/aromatic N) is 1. The van der Waals surface area contributed by atoms with Crippen LogP contribution in [0.4, 0.5) is 11.4 Å². The molecule has 0 aliphatic carbocycles. The van der Waals surface area contributed by atoms with Gasteiger partial charge in [-0.3, -0.25) is 9.78 Å². The van der Waals surface area contributed by atoms with Gasteiger partial charge >= 0.3 is 0 Å². The van der Waals surface area contributed by atoms with Gasteiger partial charge in [0, 0.05) is 6.20 Å². The van der Waals surface area contributed by atoms with Gasteiger partial charge in [0.2, 0.25) is 6.41 Å². The van der Waals surface area contributed by atoms with Crippen LogP contribution >= 0.6 is 0 Å². The van der Waals surface area contributed by atoms with Crippen molar-refractivity contribution in [2.45, 2.75) is 0 Å². The lowest BCUT2D eigenvalue weighted by Crippen LogP contribution is -1.98. The fourth-order valence-corrected chi connectivity index (χ4v) is 0.602. The maximum atomic E-state index is 9.94. The number of carbonyl (C=O) groups excluding carboxylic acids is 1. The summed E-state index contributed by atoms with van der Waals surface area (Å²) < 4.78 is 0. The van der Waals surface area contributed by atoms with Crippen molar-refractivity contribution in [2.24, 2.45) is 0 Å². The lowest BCUT2D eigenvalue weighted by atomic mass is 10.3. The van der Waals surface area contributed by atoms with E-state index in [0.717, 1.165) is 0 Å². The minimum atomic E-state index is 0.467. The van der Waals surface area contributed by atoms with E-state index in [1.165, 1.54) is 6.20 Å². The fourth-order valence-electron chi connectivity index (χ4n) is 0.602. The fraction of sp³-hybridized carbons (Fsp3) is 0. The van der Waals surface area contributed by atoms with Crippen LogP contribution in [0.1, 0.15) is 0 Å². The first-order valence-corrected chi connectivity index (χ1v) is 2.74. The van der Waals surface area contributed by atoms with E-state index >= 15 is 0 Å². The van der Waals surface area contributed by atoms with Crippen LogP contribution in [0.15, 0.2) is 18.5 Å². The quantitative estimate of drug-likeness (QED) is 0.573. The molecule has 1 heterocycles. The number of nitrogens with one attached hydrogen (secondary N) is 1. The van der Waals surface area contributed by atoms with Gasteiger partial charge in [-0.2, -0.15) is 0 Å². The van der Waals surface area contributed by atoms with E-state index in [1.807, 2.05) is 0 Å². The third-order valence-corrected chi connectivity index (χ3v) is 1.07. The Morgan fingerprint density at radius 3 is 3.10 bits per heavy atom. The molecule has 0 saturated carbocycles. The molecule has 4 nitrogen and oxygen atoms in total. The first kappa shape index (κ1) is 6.54. The number of nitrogen functional groups attached to an aromatic ring is 1. The van der Waals surface area contributed by atoms with Crippen molar-refractivity contribution in [1.29, 1.82) is 0 Å². The molecule has 0 spiro atoms. The van der Waals surface area contributed by atoms with Gasteiger partial charge in [0.25, 0.3) is 0 Å². The van der Waals surface area contributed by atoms with E-state index in [9.17, 15) is 4.79 Å². The molecule has 0 saturated heterocycles. The molecule has 52 valence electrons. The van der Waals surface area contributed by atoms with Crippen molar-refractivity contribution in [2.75, 3.05) is 11.1 Å². The summed E-state index contributed by atoms with van der Waals surface area (Å²) in [7, 11) is 0. The molecule has 0 bridgehead atoms. The summed E-state index contributed by atoms with van der Waals surface area (Å²) in [5.41, 5.74) is 6.48. The Morgan fingerprint density at radius 1 is 1.70 bits per heavy atom. The molecular formula is C6H7N3O. The molecule has 0 aliphatic rings. The highest BCUT2D eigenvalue weighted by molar-refractivity contribution is 5.78. The van der Waals surface area contributed by atoms with Crippen LogP contribution in [0.5, 0.6) is 0 Å². The maximum absolute atomic E-state index is 9.94. The number of pyridine rings is 1. The summed E-state index contributed by atoms with van der Waals surface area (Å²) in [6.07, 6.45) is 3.61. The molecule has 0 radical (unpaired) electrons. The summed E-state index contributed by atoms with van der Waals surface area (Å²) >= 11 is 0. The molecule has 0 unspecified atom stereocenters. The first-order valence-electron chi connectivity index (χ1n) is 2.74. The van der Waals surface area contributed by atoms with E-state index < -0.39 is 0 Å². The molecular weight excluding hydrogens is 130 g/mol. The van der Waals surface area contributed by atoms with Gasteiger partial charge < -0.3 is 11.1 Å². The van der Waals surface area contributed by atoms with Gasteiger partial charge in [0.15, 0.2) is 0 Å². The van der Waals surface area contributed by atoms with E-state index in [0.29, 0.717) is 17.8 Å². The van der Waals surface area contributed by atoms with Crippen LogP contribution in [0.2, 0.25) is 0 Å². The number of hydrogen-bond acceptors (Lipinski definition) is 3. The third-order valence-electron chi connectivity index (χ3n) is 1.07. The van der Waals surface area contributed by atoms with E-state index in [-0.39, 0.29) is 0 Å². The molecule has 1 rings (SSSR count). The molecule has 0 aliphatic heterocycles. The highest BCUT2D eigenvalue weighted by Gasteiger charge is 1.92. The topological polar surface area (TPSA) is 68.0 Å². The zero-order valence-electron chi connectivity index (χ0n) is 5.24. The number of nitrogens with two attached hydrogens (primary N) is 1. The minimum absolute atomic E-state index is 0.467. The van der Waals surface area contributed by atoms with Crippen molar-refractivity contribution >= 4 is 17.8 Å². The van der Waals surface area contributed by atoms with Gasteiger partial charge in [0.1, 0.15) is 0 Å². The molecule has 1 aromatic heterocycles. The molecule has 0 fully saturated rings. The Balaban J connectivity index is 2.91. The SMILES string of the molecule is Nc1cnccc1NC=O. The molecule has 1 amide bonds. The van der Waals surface area contributed by atoms with Crippen molar-refractivity contribution in [1.82, 2.24) is 4.98 Å². The van der Waals surface area contributed by atoms with Gasteiger partial charge in [-0.1, -0.05) is 0 Å². The second-order valence-corrected chi connectivity index (χ2v) is 1.73. The van der Waals surface area contributed by atoms with Gasteiger partial charge in [0.05, 0.1) is 17.6 Å². The van der Waals surface area contributed by atoms with E-state index in [1.54, 1.807) is 12.3 Å². The largest absolute Gasteiger partial charge is 0.396 e. The smallest absolute Gasteiger partial charge is 0.211 e.